The van der Waals surface area contributed by atoms with Gasteiger partial charge in [-0.25, -0.2) is 13.6 Å². The summed E-state index contributed by atoms with van der Waals surface area (Å²) in [7, 11) is -3.96. The van der Waals surface area contributed by atoms with E-state index in [0.29, 0.717) is 12.0 Å². The highest BCUT2D eigenvalue weighted by Crippen LogP contribution is 2.29. The third kappa shape index (κ3) is 3.87. The lowest BCUT2D eigenvalue weighted by Crippen LogP contribution is -2.13. The molecule has 7 heteroatoms. The van der Waals surface area contributed by atoms with Gasteiger partial charge in [0.15, 0.2) is 0 Å². The molecule has 0 saturated carbocycles. The fourth-order valence-corrected chi connectivity index (χ4v) is 2.92. The number of primary sulfonamides is 1. The smallest absolute Gasteiger partial charge is 0.241 e. The van der Waals surface area contributed by atoms with Gasteiger partial charge >= 0.3 is 0 Å². The Morgan fingerprint density at radius 3 is 2.24 bits per heavy atom. The highest BCUT2D eigenvalue weighted by atomic mass is 35.5. The van der Waals surface area contributed by atoms with E-state index in [1.165, 1.54) is 12.1 Å². The van der Waals surface area contributed by atoms with Crippen LogP contribution in [-0.4, -0.2) is 20.1 Å². The second kappa shape index (κ2) is 5.71. The molecule has 0 heterocycles. The molecule has 0 aromatic heterocycles. The molecule has 1 aromatic rings. The Balaban J connectivity index is 3.25. The van der Waals surface area contributed by atoms with Crippen LogP contribution in [0.15, 0.2) is 17.0 Å². The summed E-state index contributed by atoms with van der Waals surface area (Å²) in [5.41, 5.74) is 0.459. The summed E-state index contributed by atoms with van der Waals surface area (Å²) in [5.74, 6) is 5.36. The second-order valence-electron chi connectivity index (χ2n) is 3.09. The van der Waals surface area contributed by atoms with Crippen LogP contribution in [0.2, 0.25) is 10.0 Å². The molecule has 0 amide bonds. The van der Waals surface area contributed by atoms with Crippen LogP contribution < -0.4 is 5.14 Å². The van der Waals surface area contributed by atoms with Gasteiger partial charge in [0.2, 0.25) is 10.0 Å². The molecule has 17 heavy (non-hydrogen) atoms. The molecule has 0 unspecified atom stereocenters. The zero-order valence-electron chi connectivity index (χ0n) is 8.57. The van der Waals surface area contributed by atoms with Crippen molar-refractivity contribution in [3.63, 3.8) is 0 Å². The number of hydrogen-bond donors (Lipinski definition) is 2. The molecule has 0 saturated heterocycles. The van der Waals surface area contributed by atoms with Crippen LogP contribution in [0, 0.1) is 11.8 Å². The summed E-state index contributed by atoms with van der Waals surface area (Å²) in [6, 6.07) is 2.72. The summed E-state index contributed by atoms with van der Waals surface area (Å²) in [4.78, 5) is -0.312. The van der Waals surface area contributed by atoms with Gasteiger partial charge in [0.1, 0.15) is 4.90 Å². The van der Waals surface area contributed by atoms with Gasteiger partial charge in [-0.1, -0.05) is 35.0 Å². The number of halogens is 2. The number of aliphatic hydroxyl groups is 1. The number of nitrogens with two attached hydrogens (primary N) is 1. The third-order valence-electron chi connectivity index (χ3n) is 1.75. The van der Waals surface area contributed by atoms with Crippen molar-refractivity contribution in [2.75, 3.05) is 6.61 Å². The van der Waals surface area contributed by atoms with E-state index in [0.717, 1.165) is 0 Å². The molecule has 0 radical (unpaired) electrons. The minimum absolute atomic E-state index is 0.0519. The highest BCUT2D eigenvalue weighted by molar-refractivity contribution is 7.89. The molecule has 3 N–H and O–H groups in total. The zero-order valence-corrected chi connectivity index (χ0v) is 10.9. The van der Waals surface area contributed by atoms with Gasteiger partial charge in [-0.15, -0.1) is 0 Å². The van der Waals surface area contributed by atoms with E-state index in [-0.39, 0.29) is 21.5 Å². The average Bonchev–Trinajstić information content (AvgIpc) is 2.14. The van der Waals surface area contributed by atoms with Crippen molar-refractivity contribution in [1.82, 2.24) is 0 Å². The predicted octanol–water partition coefficient (Wildman–Crippen LogP) is 1.37. The third-order valence-corrected chi connectivity index (χ3v) is 3.58. The Morgan fingerprint density at radius 2 is 1.82 bits per heavy atom. The summed E-state index contributed by atoms with van der Waals surface area (Å²) < 4.78 is 22.4. The van der Waals surface area contributed by atoms with Crippen molar-refractivity contribution in [3.8, 4) is 11.8 Å². The monoisotopic (exact) mass is 293 g/mol. The van der Waals surface area contributed by atoms with Crippen LogP contribution in [0.25, 0.3) is 0 Å². The molecule has 0 aliphatic heterocycles. The fourth-order valence-electron chi connectivity index (χ4n) is 1.12. The van der Waals surface area contributed by atoms with Gasteiger partial charge in [-0.05, 0) is 12.1 Å². The molecular formula is C10H9Cl2NO3S. The van der Waals surface area contributed by atoms with Crippen molar-refractivity contribution < 1.29 is 13.5 Å². The van der Waals surface area contributed by atoms with Crippen molar-refractivity contribution in [1.29, 1.82) is 0 Å². The lowest BCUT2D eigenvalue weighted by Gasteiger charge is -2.04. The van der Waals surface area contributed by atoms with Crippen LogP contribution in [0.1, 0.15) is 12.0 Å². The van der Waals surface area contributed by atoms with Crippen LogP contribution >= 0.6 is 23.2 Å². The topological polar surface area (TPSA) is 80.4 Å². The Hall–Kier alpha value is -0.770. The van der Waals surface area contributed by atoms with Gasteiger partial charge in [0.25, 0.3) is 0 Å². The first-order chi connectivity index (χ1) is 7.86. The summed E-state index contributed by atoms with van der Waals surface area (Å²) >= 11 is 11.5. The molecule has 0 spiro atoms. The van der Waals surface area contributed by atoms with Gasteiger partial charge in [-0.3, -0.25) is 0 Å². The van der Waals surface area contributed by atoms with E-state index >= 15 is 0 Å². The Kier molecular flexibility index (Phi) is 4.80. The Bertz CT molecular complexity index is 564. The van der Waals surface area contributed by atoms with Crippen molar-refractivity contribution >= 4 is 33.2 Å². The molecule has 0 aliphatic carbocycles. The summed E-state index contributed by atoms with van der Waals surface area (Å²) in [5, 5.41) is 13.4. The largest absolute Gasteiger partial charge is 0.395 e. The second-order valence-corrected chi connectivity index (χ2v) is 5.40. The number of aliphatic hydroxyl groups excluding tert-OH is 1. The molecule has 0 fully saturated rings. The summed E-state index contributed by atoms with van der Waals surface area (Å²) in [6.07, 6.45) is 0.312. The molecule has 0 aliphatic rings. The number of hydrogen-bond acceptors (Lipinski definition) is 3. The Labute approximate surface area is 109 Å². The average molecular weight is 294 g/mol. The first-order valence-electron chi connectivity index (χ1n) is 4.48. The van der Waals surface area contributed by atoms with Crippen LogP contribution in [0.5, 0.6) is 0 Å². The van der Waals surface area contributed by atoms with Crippen LogP contribution in [-0.2, 0) is 10.0 Å². The van der Waals surface area contributed by atoms with E-state index < -0.39 is 10.0 Å². The van der Waals surface area contributed by atoms with Gasteiger partial charge in [-0.2, -0.15) is 0 Å². The van der Waals surface area contributed by atoms with E-state index in [1.807, 2.05) is 0 Å². The van der Waals surface area contributed by atoms with Crippen molar-refractivity contribution in [2.45, 2.75) is 11.3 Å². The van der Waals surface area contributed by atoms with Gasteiger partial charge < -0.3 is 5.11 Å². The maximum Gasteiger partial charge on any atom is 0.241 e. The van der Waals surface area contributed by atoms with Gasteiger partial charge in [0.05, 0.1) is 16.7 Å². The number of sulfonamides is 1. The fraction of sp³-hybridized carbons (Fsp3) is 0.200. The Morgan fingerprint density at radius 1 is 1.29 bits per heavy atom. The van der Waals surface area contributed by atoms with Crippen LogP contribution in [0.3, 0.4) is 0 Å². The molecule has 0 bridgehead atoms. The minimum Gasteiger partial charge on any atom is -0.395 e. The lowest BCUT2D eigenvalue weighted by atomic mass is 10.2. The number of benzene rings is 1. The molecule has 1 aromatic carbocycles. The predicted molar refractivity (Wildman–Crippen MR) is 66.4 cm³/mol. The van der Waals surface area contributed by atoms with E-state index in [4.69, 9.17) is 33.4 Å². The first-order valence-corrected chi connectivity index (χ1v) is 6.78. The highest BCUT2D eigenvalue weighted by Gasteiger charge is 2.18. The molecular weight excluding hydrogens is 285 g/mol. The normalized spacial score (nSPS) is 10.8. The standard InChI is InChI=1S/C10H9Cl2NO3S/c11-8-5-7(3-1-2-4-14)6-9(12)10(8)17(13,15)16/h5-6,14H,2,4H2,(H2,13,15,16). The summed E-state index contributed by atoms with van der Waals surface area (Å²) in [6.45, 7) is -0.0519. The molecule has 92 valence electrons. The van der Waals surface area contributed by atoms with Crippen molar-refractivity contribution in [3.05, 3.63) is 27.7 Å². The van der Waals surface area contributed by atoms with Crippen LogP contribution in [0.4, 0.5) is 0 Å². The maximum absolute atomic E-state index is 11.2. The lowest BCUT2D eigenvalue weighted by molar-refractivity contribution is 0.305. The quantitative estimate of drug-likeness (QED) is 0.808. The minimum atomic E-state index is -3.96. The maximum atomic E-state index is 11.2. The molecule has 4 nitrogen and oxygen atoms in total. The molecule has 0 atom stereocenters. The number of rotatable bonds is 2. The van der Waals surface area contributed by atoms with E-state index in [9.17, 15) is 8.42 Å². The van der Waals surface area contributed by atoms with Crippen molar-refractivity contribution in [2.24, 2.45) is 5.14 Å². The van der Waals surface area contributed by atoms with E-state index in [1.54, 1.807) is 0 Å². The SMILES string of the molecule is NS(=O)(=O)c1c(Cl)cc(C#CCCO)cc1Cl. The van der Waals surface area contributed by atoms with Gasteiger partial charge in [0, 0.05) is 12.0 Å². The van der Waals surface area contributed by atoms with E-state index in [2.05, 4.69) is 11.8 Å². The zero-order chi connectivity index (χ0) is 13.1. The molecule has 1 rings (SSSR count). The first kappa shape index (κ1) is 14.3.